The van der Waals surface area contributed by atoms with Crippen molar-refractivity contribution in [2.45, 2.75) is 52.7 Å². The summed E-state index contributed by atoms with van der Waals surface area (Å²) < 4.78 is 5.34. The molecule has 0 radical (unpaired) electrons. The molecule has 0 aliphatic carbocycles. The number of rotatable bonds is 4. The zero-order valence-electron chi connectivity index (χ0n) is 14.1. The molecule has 6 heteroatoms. The van der Waals surface area contributed by atoms with Gasteiger partial charge in [0.2, 0.25) is 0 Å². The van der Waals surface area contributed by atoms with Crippen molar-refractivity contribution in [1.82, 2.24) is 14.9 Å². The molecule has 1 amide bonds. The summed E-state index contributed by atoms with van der Waals surface area (Å²) in [5.41, 5.74) is 0.587. The van der Waals surface area contributed by atoms with Gasteiger partial charge < -0.3 is 15.0 Å². The highest BCUT2D eigenvalue weighted by Crippen LogP contribution is 2.18. The van der Waals surface area contributed by atoms with Crippen LogP contribution in [0.15, 0.2) is 12.4 Å². The number of carbonyl (C=O) groups excluding carboxylic acids is 1. The minimum atomic E-state index is -0.450. The van der Waals surface area contributed by atoms with E-state index in [1.807, 2.05) is 26.8 Å². The maximum absolute atomic E-state index is 11.9. The zero-order chi connectivity index (χ0) is 16.3. The van der Waals surface area contributed by atoms with E-state index >= 15 is 0 Å². The van der Waals surface area contributed by atoms with E-state index in [1.54, 1.807) is 11.2 Å². The minimum Gasteiger partial charge on any atom is -0.444 e. The van der Waals surface area contributed by atoms with Gasteiger partial charge in [0.15, 0.2) is 0 Å². The molecular weight excluding hydrogens is 280 g/mol. The van der Waals surface area contributed by atoms with Crippen molar-refractivity contribution in [3.63, 3.8) is 0 Å². The predicted octanol–water partition coefficient (Wildman–Crippen LogP) is 2.71. The Labute approximate surface area is 132 Å². The average Bonchev–Trinajstić information content (AvgIpc) is 2.30. The van der Waals surface area contributed by atoms with Crippen molar-refractivity contribution in [2.24, 2.45) is 5.92 Å². The summed E-state index contributed by atoms with van der Waals surface area (Å²) >= 11 is 0. The third-order valence-corrected chi connectivity index (χ3v) is 3.23. The number of nitrogens with zero attached hydrogens (tertiary/aromatic N) is 3. The second-order valence-electron chi connectivity index (χ2n) is 7.22. The topological polar surface area (TPSA) is 67.4 Å². The molecule has 122 valence electrons. The highest BCUT2D eigenvalue weighted by atomic mass is 16.6. The van der Waals surface area contributed by atoms with E-state index in [0.29, 0.717) is 19.0 Å². The monoisotopic (exact) mass is 306 g/mol. The van der Waals surface area contributed by atoms with E-state index in [4.69, 9.17) is 4.74 Å². The number of likely N-dealkylation sites (tertiary alicyclic amines) is 1. The van der Waals surface area contributed by atoms with Crippen LogP contribution < -0.4 is 5.32 Å². The first kappa shape index (κ1) is 16.5. The number of aromatic nitrogens is 2. The molecule has 1 saturated heterocycles. The van der Waals surface area contributed by atoms with Gasteiger partial charge in [-0.05, 0) is 33.1 Å². The summed E-state index contributed by atoms with van der Waals surface area (Å²) in [5, 5.41) is 3.34. The fourth-order valence-corrected chi connectivity index (χ4v) is 2.26. The van der Waals surface area contributed by atoms with E-state index < -0.39 is 5.60 Å². The van der Waals surface area contributed by atoms with Crippen LogP contribution in [0, 0.1) is 5.92 Å². The first-order chi connectivity index (χ1) is 10.2. The Morgan fingerprint density at radius 2 is 2.09 bits per heavy atom. The van der Waals surface area contributed by atoms with Crippen molar-refractivity contribution in [3.05, 3.63) is 18.1 Å². The van der Waals surface area contributed by atoms with Gasteiger partial charge in [-0.2, -0.15) is 0 Å². The van der Waals surface area contributed by atoms with Gasteiger partial charge in [-0.3, -0.25) is 0 Å². The lowest BCUT2D eigenvalue weighted by Crippen LogP contribution is -2.58. The van der Waals surface area contributed by atoms with Crippen molar-refractivity contribution >= 4 is 11.9 Å². The Morgan fingerprint density at radius 1 is 1.41 bits per heavy atom. The summed E-state index contributed by atoms with van der Waals surface area (Å²) in [5.74, 6) is 1.38. The molecule has 1 N–H and O–H groups in total. The molecule has 0 bridgehead atoms. The zero-order valence-corrected chi connectivity index (χ0v) is 14.1. The highest BCUT2D eigenvalue weighted by Gasteiger charge is 2.33. The predicted molar refractivity (Wildman–Crippen MR) is 85.8 cm³/mol. The number of amides is 1. The maximum Gasteiger partial charge on any atom is 0.410 e. The quantitative estimate of drug-likeness (QED) is 0.926. The third kappa shape index (κ3) is 4.86. The molecular formula is C16H26N4O2. The minimum absolute atomic E-state index is 0.217. The molecule has 1 fully saturated rings. The molecule has 1 aromatic heterocycles. The second-order valence-corrected chi connectivity index (χ2v) is 7.22. The molecule has 0 atom stereocenters. The van der Waals surface area contributed by atoms with Gasteiger partial charge in [0.1, 0.15) is 17.7 Å². The molecule has 1 aliphatic heterocycles. The van der Waals surface area contributed by atoms with Crippen LogP contribution in [-0.4, -0.2) is 45.7 Å². The van der Waals surface area contributed by atoms with Crippen molar-refractivity contribution in [1.29, 1.82) is 0 Å². The van der Waals surface area contributed by atoms with Crippen LogP contribution in [0.1, 0.15) is 40.3 Å². The number of nitrogens with one attached hydrogen (secondary N) is 1. The second kappa shape index (κ2) is 6.50. The van der Waals surface area contributed by atoms with Crippen LogP contribution in [0.4, 0.5) is 10.6 Å². The number of hydrogen-bond acceptors (Lipinski definition) is 5. The van der Waals surface area contributed by atoms with Crippen LogP contribution >= 0.6 is 0 Å². The smallest absolute Gasteiger partial charge is 0.410 e. The SMILES string of the molecule is CC(C)Cc1cc(NC2CN(C(=O)OC(C)(C)C)C2)ncn1. The van der Waals surface area contributed by atoms with Crippen LogP contribution in [-0.2, 0) is 11.2 Å². The Bertz CT molecular complexity index is 519. The van der Waals surface area contributed by atoms with Gasteiger partial charge in [0.05, 0.1) is 6.04 Å². The Balaban J connectivity index is 1.81. The molecule has 0 spiro atoms. The summed E-state index contributed by atoms with van der Waals surface area (Å²) in [6, 6.07) is 2.20. The number of ether oxygens (including phenoxy) is 1. The summed E-state index contributed by atoms with van der Waals surface area (Å²) in [6.45, 7) is 11.2. The Morgan fingerprint density at radius 3 is 2.68 bits per heavy atom. The Kier molecular flexibility index (Phi) is 4.88. The molecule has 1 aromatic rings. The fourth-order valence-electron chi connectivity index (χ4n) is 2.26. The van der Waals surface area contributed by atoms with Gasteiger partial charge in [-0.1, -0.05) is 13.8 Å². The molecule has 1 aliphatic rings. The average molecular weight is 306 g/mol. The Hall–Kier alpha value is -1.85. The lowest BCUT2D eigenvalue weighted by molar-refractivity contribution is 0.0104. The van der Waals surface area contributed by atoms with Gasteiger partial charge >= 0.3 is 6.09 Å². The molecule has 6 nitrogen and oxygen atoms in total. The van der Waals surface area contributed by atoms with E-state index in [2.05, 4.69) is 29.1 Å². The van der Waals surface area contributed by atoms with E-state index in [-0.39, 0.29) is 12.1 Å². The van der Waals surface area contributed by atoms with Gasteiger partial charge in [0.25, 0.3) is 0 Å². The lowest BCUT2D eigenvalue weighted by atomic mass is 10.1. The van der Waals surface area contributed by atoms with Crippen molar-refractivity contribution in [3.8, 4) is 0 Å². The first-order valence-corrected chi connectivity index (χ1v) is 7.78. The number of carbonyl (C=O) groups is 1. The largest absolute Gasteiger partial charge is 0.444 e. The van der Waals surface area contributed by atoms with Crippen LogP contribution in [0.3, 0.4) is 0 Å². The maximum atomic E-state index is 11.9. The van der Waals surface area contributed by atoms with Gasteiger partial charge in [0, 0.05) is 24.8 Å². The van der Waals surface area contributed by atoms with E-state index in [0.717, 1.165) is 17.9 Å². The van der Waals surface area contributed by atoms with E-state index in [9.17, 15) is 4.79 Å². The molecule has 0 aromatic carbocycles. The van der Waals surface area contributed by atoms with Crippen molar-refractivity contribution in [2.75, 3.05) is 18.4 Å². The molecule has 0 saturated carbocycles. The summed E-state index contributed by atoms with van der Waals surface area (Å²) in [4.78, 5) is 22.1. The first-order valence-electron chi connectivity index (χ1n) is 7.78. The van der Waals surface area contributed by atoms with E-state index in [1.165, 1.54) is 0 Å². The number of anilines is 1. The molecule has 2 rings (SSSR count). The lowest BCUT2D eigenvalue weighted by Gasteiger charge is -2.40. The summed E-state index contributed by atoms with van der Waals surface area (Å²) in [7, 11) is 0. The molecule has 0 unspecified atom stereocenters. The summed E-state index contributed by atoms with van der Waals surface area (Å²) in [6.07, 6.45) is 2.27. The van der Waals surface area contributed by atoms with Crippen LogP contribution in [0.2, 0.25) is 0 Å². The molecule has 2 heterocycles. The number of hydrogen-bond donors (Lipinski definition) is 1. The van der Waals surface area contributed by atoms with Gasteiger partial charge in [-0.15, -0.1) is 0 Å². The van der Waals surface area contributed by atoms with Crippen LogP contribution in [0.25, 0.3) is 0 Å². The van der Waals surface area contributed by atoms with Crippen molar-refractivity contribution < 1.29 is 9.53 Å². The van der Waals surface area contributed by atoms with Gasteiger partial charge in [-0.25, -0.2) is 14.8 Å². The normalized spacial score (nSPS) is 15.6. The van der Waals surface area contributed by atoms with Crippen LogP contribution in [0.5, 0.6) is 0 Å². The molecule has 22 heavy (non-hydrogen) atoms. The standard InChI is InChI=1S/C16H26N4O2/c1-11(2)6-12-7-14(18-10-17-12)19-13-8-20(9-13)15(21)22-16(3,4)5/h7,10-11,13H,6,8-9H2,1-5H3,(H,17,18,19). The fraction of sp³-hybridized carbons (Fsp3) is 0.688. The highest BCUT2D eigenvalue weighted by molar-refractivity contribution is 5.69. The third-order valence-electron chi connectivity index (χ3n) is 3.23.